The van der Waals surface area contributed by atoms with Crippen LogP contribution in [0.5, 0.6) is 11.5 Å². The Labute approximate surface area is 146 Å². The number of amides is 1. The molecular formula is C19H20N2O4. The highest BCUT2D eigenvalue weighted by Crippen LogP contribution is 2.34. The molecule has 1 N–H and O–H groups in total. The molecule has 0 spiro atoms. The molecule has 0 aliphatic carbocycles. The lowest BCUT2D eigenvalue weighted by molar-refractivity contribution is 0.174. The van der Waals surface area contributed by atoms with Crippen molar-refractivity contribution in [1.82, 2.24) is 5.32 Å². The van der Waals surface area contributed by atoms with Crippen LogP contribution in [0.1, 0.15) is 24.1 Å². The monoisotopic (exact) mass is 340 g/mol. The number of nitrogens with zero attached hydrogens (tertiary/aromatic N) is 1. The molecule has 2 heterocycles. The summed E-state index contributed by atoms with van der Waals surface area (Å²) >= 11 is 0. The third kappa shape index (κ3) is 3.25. The molecule has 6 nitrogen and oxygen atoms in total. The normalized spacial score (nSPS) is 16.8. The van der Waals surface area contributed by atoms with Crippen LogP contribution in [0.25, 0.3) is 0 Å². The van der Waals surface area contributed by atoms with Crippen LogP contribution < -0.4 is 19.7 Å². The van der Waals surface area contributed by atoms with E-state index in [2.05, 4.69) is 12.2 Å². The second kappa shape index (κ2) is 6.64. The van der Waals surface area contributed by atoms with Crippen LogP contribution in [0.4, 0.5) is 10.5 Å². The summed E-state index contributed by atoms with van der Waals surface area (Å²) in [5.41, 5.74) is 3.18. The van der Waals surface area contributed by atoms with Gasteiger partial charge in [0, 0.05) is 18.3 Å². The standard InChI is InChI=1S/C19H20N2O4/c1-13(15-4-7-17-18(10-15)25-12-24-17)20-11-14-2-5-16(6-3-14)21-8-9-23-19(21)22/h2-7,10,13,20H,8-9,11-12H2,1H3. The number of carbonyl (C=O) groups excluding carboxylic acids is 1. The highest BCUT2D eigenvalue weighted by Gasteiger charge is 2.23. The van der Waals surface area contributed by atoms with Crippen molar-refractivity contribution < 1.29 is 19.0 Å². The van der Waals surface area contributed by atoms with Gasteiger partial charge in [-0.25, -0.2) is 4.79 Å². The molecule has 130 valence electrons. The Hall–Kier alpha value is -2.73. The van der Waals surface area contributed by atoms with Gasteiger partial charge in [0.15, 0.2) is 11.5 Å². The van der Waals surface area contributed by atoms with Gasteiger partial charge in [-0.1, -0.05) is 18.2 Å². The number of rotatable bonds is 5. The van der Waals surface area contributed by atoms with E-state index in [1.807, 2.05) is 42.5 Å². The fraction of sp³-hybridized carbons (Fsp3) is 0.316. The van der Waals surface area contributed by atoms with Gasteiger partial charge in [0.05, 0.1) is 6.54 Å². The molecule has 25 heavy (non-hydrogen) atoms. The molecule has 2 aliphatic rings. The molecule has 2 aromatic rings. The van der Waals surface area contributed by atoms with Gasteiger partial charge in [0.25, 0.3) is 0 Å². The van der Waals surface area contributed by atoms with E-state index >= 15 is 0 Å². The maximum absolute atomic E-state index is 11.6. The zero-order valence-corrected chi connectivity index (χ0v) is 14.0. The van der Waals surface area contributed by atoms with Crippen molar-refractivity contribution in [3.8, 4) is 11.5 Å². The van der Waals surface area contributed by atoms with Gasteiger partial charge in [0.1, 0.15) is 6.61 Å². The largest absolute Gasteiger partial charge is 0.454 e. The average molecular weight is 340 g/mol. The summed E-state index contributed by atoms with van der Waals surface area (Å²) in [6, 6.07) is 14.2. The SMILES string of the molecule is CC(NCc1ccc(N2CCOC2=O)cc1)c1ccc2c(c1)OCO2. The second-order valence-electron chi connectivity index (χ2n) is 6.15. The minimum Gasteiger partial charge on any atom is -0.454 e. The first-order chi connectivity index (χ1) is 12.2. The molecule has 0 bridgehead atoms. The van der Waals surface area contributed by atoms with Crippen molar-refractivity contribution in [2.24, 2.45) is 0 Å². The molecule has 1 amide bonds. The van der Waals surface area contributed by atoms with E-state index in [1.165, 1.54) is 0 Å². The Morgan fingerprint density at radius 2 is 1.88 bits per heavy atom. The van der Waals surface area contributed by atoms with Gasteiger partial charge >= 0.3 is 6.09 Å². The van der Waals surface area contributed by atoms with E-state index < -0.39 is 0 Å². The number of benzene rings is 2. The average Bonchev–Trinajstić information content (AvgIpc) is 3.28. The minimum absolute atomic E-state index is 0.183. The number of fused-ring (bicyclic) bond motifs is 1. The predicted molar refractivity (Wildman–Crippen MR) is 93.0 cm³/mol. The molecule has 2 aliphatic heterocycles. The summed E-state index contributed by atoms with van der Waals surface area (Å²) in [5, 5.41) is 3.50. The fourth-order valence-electron chi connectivity index (χ4n) is 2.99. The van der Waals surface area contributed by atoms with Crippen LogP contribution in [0.15, 0.2) is 42.5 Å². The molecule has 0 saturated carbocycles. The van der Waals surface area contributed by atoms with Crippen LogP contribution in [0.2, 0.25) is 0 Å². The molecule has 6 heteroatoms. The first kappa shape index (κ1) is 15.8. The van der Waals surface area contributed by atoms with Crippen LogP contribution >= 0.6 is 0 Å². The minimum atomic E-state index is -0.276. The lowest BCUT2D eigenvalue weighted by atomic mass is 10.1. The Morgan fingerprint density at radius 3 is 2.64 bits per heavy atom. The summed E-state index contributed by atoms with van der Waals surface area (Å²) in [6.45, 7) is 4.21. The van der Waals surface area contributed by atoms with Crippen molar-refractivity contribution in [3.05, 3.63) is 53.6 Å². The van der Waals surface area contributed by atoms with E-state index in [4.69, 9.17) is 14.2 Å². The van der Waals surface area contributed by atoms with E-state index in [0.717, 1.165) is 34.9 Å². The number of anilines is 1. The zero-order valence-electron chi connectivity index (χ0n) is 14.0. The maximum atomic E-state index is 11.6. The van der Waals surface area contributed by atoms with Gasteiger partial charge in [-0.3, -0.25) is 4.90 Å². The maximum Gasteiger partial charge on any atom is 0.414 e. The summed E-state index contributed by atoms with van der Waals surface area (Å²) in [4.78, 5) is 13.2. The third-order valence-electron chi connectivity index (χ3n) is 4.52. The number of hydrogen-bond donors (Lipinski definition) is 1. The Kier molecular flexibility index (Phi) is 4.19. The Morgan fingerprint density at radius 1 is 1.08 bits per heavy atom. The Bertz CT molecular complexity index is 775. The fourth-order valence-corrected chi connectivity index (χ4v) is 2.99. The molecule has 4 rings (SSSR count). The van der Waals surface area contributed by atoms with Gasteiger partial charge in [-0.2, -0.15) is 0 Å². The molecule has 0 radical (unpaired) electrons. The first-order valence-corrected chi connectivity index (χ1v) is 8.37. The van der Waals surface area contributed by atoms with Crippen molar-refractivity contribution in [1.29, 1.82) is 0 Å². The van der Waals surface area contributed by atoms with E-state index in [-0.39, 0.29) is 18.9 Å². The summed E-state index contributed by atoms with van der Waals surface area (Å²) in [5.74, 6) is 1.60. The smallest absolute Gasteiger partial charge is 0.414 e. The number of hydrogen-bond acceptors (Lipinski definition) is 5. The molecule has 2 aromatic carbocycles. The number of nitrogens with one attached hydrogen (secondary N) is 1. The van der Waals surface area contributed by atoms with Crippen LogP contribution in [-0.2, 0) is 11.3 Å². The van der Waals surface area contributed by atoms with Crippen LogP contribution in [-0.4, -0.2) is 26.0 Å². The van der Waals surface area contributed by atoms with E-state index in [1.54, 1.807) is 4.90 Å². The number of cyclic esters (lactones) is 1. The summed E-state index contributed by atoms with van der Waals surface area (Å²) in [6.07, 6.45) is -0.276. The van der Waals surface area contributed by atoms with Crippen LogP contribution in [0.3, 0.4) is 0 Å². The number of ether oxygens (including phenoxy) is 3. The van der Waals surface area contributed by atoms with Gasteiger partial charge in [-0.15, -0.1) is 0 Å². The van der Waals surface area contributed by atoms with Gasteiger partial charge < -0.3 is 19.5 Å². The lowest BCUT2D eigenvalue weighted by Gasteiger charge is -2.16. The molecular weight excluding hydrogens is 320 g/mol. The van der Waals surface area contributed by atoms with Gasteiger partial charge in [0.2, 0.25) is 6.79 Å². The molecule has 1 saturated heterocycles. The van der Waals surface area contributed by atoms with Crippen molar-refractivity contribution >= 4 is 11.8 Å². The third-order valence-corrected chi connectivity index (χ3v) is 4.52. The summed E-state index contributed by atoms with van der Waals surface area (Å²) in [7, 11) is 0. The second-order valence-corrected chi connectivity index (χ2v) is 6.15. The predicted octanol–water partition coefficient (Wildman–Crippen LogP) is 3.22. The summed E-state index contributed by atoms with van der Waals surface area (Å²) < 4.78 is 15.7. The molecule has 1 atom stereocenters. The van der Waals surface area contributed by atoms with Crippen LogP contribution in [0, 0.1) is 0 Å². The van der Waals surface area contributed by atoms with E-state index in [0.29, 0.717) is 13.2 Å². The van der Waals surface area contributed by atoms with Crippen molar-refractivity contribution in [2.75, 3.05) is 24.8 Å². The quantitative estimate of drug-likeness (QED) is 0.905. The number of carbonyl (C=O) groups is 1. The molecule has 1 fully saturated rings. The first-order valence-electron chi connectivity index (χ1n) is 8.37. The van der Waals surface area contributed by atoms with Crippen molar-refractivity contribution in [2.45, 2.75) is 19.5 Å². The van der Waals surface area contributed by atoms with Gasteiger partial charge in [-0.05, 0) is 42.3 Å². The Balaban J connectivity index is 1.37. The van der Waals surface area contributed by atoms with Crippen molar-refractivity contribution in [3.63, 3.8) is 0 Å². The molecule has 0 aromatic heterocycles. The molecule has 1 unspecified atom stereocenters. The highest BCUT2D eigenvalue weighted by molar-refractivity contribution is 5.89. The highest BCUT2D eigenvalue weighted by atomic mass is 16.7. The lowest BCUT2D eigenvalue weighted by Crippen LogP contribution is -2.23. The zero-order chi connectivity index (χ0) is 17.2. The topological polar surface area (TPSA) is 60.0 Å². The van der Waals surface area contributed by atoms with E-state index in [9.17, 15) is 4.79 Å².